The SMILES string of the molecule is Cc1ccc(-c2nc(C3(CN)CC3)sc2C)o1. The van der Waals surface area contributed by atoms with E-state index in [1.165, 1.54) is 22.7 Å². The molecule has 0 radical (unpaired) electrons. The largest absolute Gasteiger partial charge is 0.460 e. The Morgan fingerprint density at radius 1 is 1.41 bits per heavy atom. The van der Waals surface area contributed by atoms with Gasteiger partial charge in [-0.15, -0.1) is 11.3 Å². The van der Waals surface area contributed by atoms with E-state index in [4.69, 9.17) is 15.1 Å². The molecule has 3 nitrogen and oxygen atoms in total. The maximum Gasteiger partial charge on any atom is 0.153 e. The van der Waals surface area contributed by atoms with E-state index in [1.807, 2.05) is 19.1 Å². The third-order valence-corrected chi connectivity index (χ3v) is 4.69. The summed E-state index contributed by atoms with van der Waals surface area (Å²) in [7, 11) is 0. The summed E-state index contributed by atoms with van der Waals surface area (Å²) in [4.78, 5) is 5.96. The van der Waals surface area contributed by atoms with Crippen molar-refractivity contribution >= 4 is 11.3 Å². The Kier molecular flexibility index (Phi) is 2.38. The first-order chi connectivity index (χ1) is 8.14. The number of hydrogen-bond donors (Lipinski definition) is 1. The van der Waals surface area contributed by atoms with E-state index in [0.29, 0.717) is 6.54 Å². The van der Waals surface area contributed by atoms with Gasteiger partial charge >= 0.3 is 0 Å². The summed E-state index contributed by atoms with van der Waals surface area (Å²) in [5.74, 6) is 1.80. The topological polar surface area (TPSA) is 52.0 Å². The Hall–Kier alpha value is -1.13. The first-order valence-corrected chi connectivity index (χ1v) is 6.71. The minimum absolute atomic E-state index is 0.176. The third-order valence-electron chi connectivity index (χ3n) is 3.47. The van der Waals surface area contributed by atoms with Crippen molar-refractivity contribution in [1.82, 2.24) is 4.98 Å². The fourth-order valence-electron chi connectivity index (χ4n) is 2.07. The van der Waals surface area contributed by atoms with Gasteiger partial charge in [-0.3, -0.25) is 0 Å². The third kappa shape index (κ3) is 1.72. The smallest absolute Gasteiger partial charge is 0.153 e. The fourth-order valence-corrected chi connectivity index (χ4v) is 3.24. The van der Waals surface area contributed by atoms with Crippen molar-refractivity contribution in [3.63, 3.8) is 0 Å². The van der Waals surface area contributed by atoms with Crippen LogP contribution < -0.4 is 5.73 Å². The van der Waals surface area contributed by atoms with E-state index >= 15 is 0 Å². The highest BCUT2D eigenvalue weighted by Gasteiger charge is 2.46. The van der Waals surface area contributed by atoms with Crippen molar-refractivity contribution in [2.24, 2.45) is 5.73 Å². The van der Waals surface area contributed by atoms with Gasteiger partial charge in [-0.1, -0.05) is 0 Å². The molecule has 17 heavy (non-hydrogen) atoms. The van der Waals surface area contributed by atoms with Crippen LogP contribution in [0.5, 0.6) is 0 Å². The molecule has 1 saturated carbocycles. The molecule has 2 heterocycles. The molecule has 2 aromatic rings. The first-order valence-electron chi connectivity index (χ1n) is 5.89. The molecule has 0 amide bonds. The summed E-state index contributed by atoms with van der Waals surface area (Å²) >= 11 is 1.76. The number of furan rings is 1. The number of aryl methyl sites for hydroxylation is 2. The van der Waals surface area contributed by atoms with E-state index in [-0.39, 0.29) is 5.41 Å². The van der Waals surface area contributed by atoms with Gasteiger partial charge in [0, 0.05) is 16.8 Å². The highest BCUT2D eigenvalue weighted by molar-refractivity contribution is 7.12. The zero-order valence-electron chi connectivity index (χ0n) is 10.1. The zero-order chi connectivity index (χ0) is 12.0. The Bertz CT molecular complexity index is 552. The highest BCUT2D eigenvalue weighted by atomic mass is 32.1. The quantitative estimate of drug-likeness (QED) is 0.908. The summed E-state index contributed by atoms with van der Waals surface area (Å²) < 4.78 is 5.64. The number of thiazole rings is 1. The lowest BCUT2D eigenvalue weighted by Crippen LogP contribution is -2.19. The van der Waals surface area contributed by atoms with Gasteiger partial charge in [-0.25, -0.2) is 4.98 Å². The summed E-state index contributed by atoms with van der Waals surface area (Å²) in [6.45, 7) is 4.76. The molecular formula is C13H16N2OS. The molecule has 90 valence electrons. The van der Waals surface area contributed by atoms with Crippen LogP contribution >= 0.6 is 11.3 Å². The van der Waals surface area contributed by atoms with Crippen molar-refractivity contribution in [2.75, 3.05) is 6.54 Å². The van der Waals surface area contributed by atoms with Crippen LogP contribution in [0.4, 0.5) is 0 Å². The Morgan fingerprint density at radius 2 is 2.18 bits per heavy atom. The van der Waals surface area contributed by atoms with E-state index in [2.05, 4.69) is 6.92 Å². The lowest BCUT2D eigenvalue weighted by atomic mass is 10.1. The maximum absolute atomic E-state index is 5.85. The van der Waals surface area contributed by atoms with Gasteiger partial charge in [0.15, 0.2) is 5.76 Å². The van der Waals surface area contributed by atoms with Crippen molar-refractivity contribution in [2.45, 2.75) is 32.1 Å². The summed E-state index contributed by atoms with van der Waals surface area (Å²) in [5.41, 5.74) is 7.01. The number of nitrogens with two attached hydrogens (primary N) is 1. The molecule has 4 heteroatoms. The number of aromatic nitrogens is 1. The lowest BCUT2D eigenvalue weighted by Gasteiger charge is -2.06. The molecule has 0 atom stereocenters. The second kappa shape index (κ2) is 3.68. The molecule has 0 aliphatic heterocycles. The average Bonchev–Trinajstić information content (AvgIpc) is 2.85. The number of hydrogen-bond acceptors (Lipinski definition) is 4. The van der Waals surface area contributed by atoms with Crippen molar-refractivity contribution in [3.8, 4) is 11.5 Å². The van der Waals surface area contributed by atoms with Crippen molar-refractivity contribution in [1.29, 1.82) is 0 Å². The molecule has 0 unspecified atom stereocenters. The Morgan fingerprint density at radius 3 is 2.71 bits per heavy atom. The maximum atomic E-state index is 5.85. The number of nitrogens with zero attached hydrogens (tertiary/aromatic N) is 1. The van der Waals surface area contributed by atoms with Crippen LogP contribution in [0.25, 0.3) is 11.5 Å². The predicted molar refractivity (Wildman–Crippen MR) is 69.3 cm³/mol. The molecule has 3 rings (SSSR count). The monoisotopic (exact) mass is 248 g/mol. The molecule has 2 aromatic heterocycles. The minimum Gasteiger partial charge on any atom is -0.460 e. The standard InChI is InChI=1S/C13H16N2OS/c1-8-3-4-10(16-8)11-9(2)17-12(15-11)13(7-14)5-6-13/h3-4H,5-7,14H2,1-2H3. The zero-order valence-corrected chi connectivity index (χ0v) is 10.9. The molecule has 0 aromatic carbocycles. The first kappa shape index (κ1) is 11.0. The van der Waals surface area contributed by atoms with Gasteiger partial charge in [0.05, 0.1) is 0 Å². The highest BCUT2D eigenvalue weighted by Crippen LogP contribution is 2.49. The van der Waals surface area contributed by atoms with Crippen LogP contribution in [0.1, 0.15) is 28.5 Å². The van der Waals surface area contributed by atoms with Gasteiger partial charge in [0.1, 0.15) is 16.5 Å². The second-order valence-electron chi connectivity index (χ2n) is 4.82. The number of rotatable bonds is 3. The van der Waals surface area contributed by atoms with Gasteiger partial charge in [-0.2, -0.15) is 0 Å². The molecule has 1 aliphatic carbocycles. The van der Waals surface area contributed by atoms with Crippen molar-refractivity contribution in [3.05, 3.63) is 27.8 Å². The molecule has 2 N–H and O–H groups in total. The minimum atomic E-state index is 0.176. The fraction of sp³-hybridized carbons (Fsp3) is 0.462. The van der Waals surface area contributed by atoms with Gasteiger partial charge in [-0.05, 0) is 38.8 Å². The van der Waals surface area contributed by atoms with Gasteiger partial charge < -0.3 is 10.2 Å². The molecule has 0 bridgehead atoms. The van der Waals surface area contributed by atoms with E-state index in [1.54, 1.807) is 11.3 Å². The molecule has 0 saturated heterocycles. The second-order valence-corrected chi connectivity index (χ2v) is 6.02. The van der Waals surface area contributed by atoms with Crippen LogP contribution in [0.3, 0.4) is 0 Å². The van der Waals surface area contributed by atoms with Gasteiger partial charge in [0.2, 0.25) is 0 Å². The summed E-state index contributed by atoms with van der Waals surface area (Å²) in [6.07, 6.45) is 2.35. The molecule has 1 aliphatic rings. The van der Waals surface area contributed by atoms with Crippen LogP contribution in [0, 0.1) is 13.8 Å². The van der Waals surface area contributed by atoms with Crippen LogP contribution in [0.2, 0.25) is 0 Å². The van der Waals surface area contributed by atoms with Crippen LogP contribution in [-0.4, -0.2) is 11.5 Å². The average molecular weight is 248 g/mol. The van der Waals surface area contributed by atoms with E-state index in [9.17, 15) is 0 Å². The molecular weight excluding hydrogens is 232 g/mol. The van der Waals surface area contributed by atoms with E-state index in [0.717, 1.165) is 17.2 Å². The van der Waals surface area contributed by atoms with Gasteiger partial charge in [0.25, 0.3) is 0 Å². The summed E-state index contributed by atoms with van der Waals surface area (Å²) in [5, 5.41) is 1.18. The Balaban J connectivity index is 2.02. The molecule has 0 spiro atoms. The Labute approximate surface area is 105 Å². The molecule has 1 fully saturated rings. The summed E-state index contributed by atoms with van der Waals surface area (Å²) in [6, 6.07) is 3.97. The van der Waals surface area contributed by atoms with Crippen LogP contribution in [0.15, 0.2) is 16.5 Å². The van der Waals surface area contributed by atoms with E-state index < -0.39 is 0 Å². The predicted octanol–water partition coefficient (Wildman–Crippen LogP) is 3.01. The van der Waals surface area contributed by atoms with Crippen molar-refractivity contribution < 1.29 is 4.42 Å². The normalized spacial score (nSPS) is 17.4. The lowest BCUT2D eigenvalue weighted by molar-refractivity contribution is 0.546. The van der Waals surface area contributed by atoms with Crippen LogP contribution in [-0.2, 0) is 5.41 Å².